The van der Waals surface area contributed by atoms with E-state index in [1.807, 2.05) is 0 Å². The van der Waals surface area contributed by atoms with Crippen LogP contribution in [-0.4, -0.2) is 24.8 Å². The van der Waals surface area contributed by atoms with Crippen molar-refractivity contribution in [1.29, 1.82) is 0 Å². The van der Waals surface area contributed by atoms with E-state index in [1.54, 1.807) is 0 Å². The van der Waals surface area contributed by atoms with Crippen LogP contribution in [0.1, 0.15) is 59.8 Å². The summed E-state index contributed by atoms with van der Waals surface area (Å²) in [5.74, 6) is 0.524. The molecule has 0 spiro atoms. The minimum atomic E-state index is 0.360. The lowest BCUT2D eigenvalue weighted by Crippen LogP contribution is -2.28. The van der Waals surface area contributed by atoms with Crippen LogP contribution in [0.4, 0.5) is 0 Å². The highest BCUT2D eigenvalue weighted by atomic mass is 16.3. The molecule has 0 heterocycles. The van der Waals surface area contributed by atoms with Gasteiger partial charge >= 0.3 is 0 Å². The molecule has 0 aromatic rings. The Labute approximate surface area is 102 Å². The first kappa shape index (κ1) is 15.9. The maximum atomic E-state index is 9.22. The van der Waals surface area contributed by atoms with E-state index in [0.29, 0.717) is 17.9 Å². The van der Waals surface area contributed by atoms with Crippen molar-refractivity contribution in [1.82, 2.24) is 5.32 Å². The highest BCUT2D eigenvalue weighted by molar-refractivity contribution is 4.65. The van der Waals surface area contributed by atoms with E-state index >= 15 is 0 Å². The summed E-state index contributed by atoms with van der Waals surface area (Å²) in [4.78, 5) is 0. The summed E-state index contributed by atoms with van der Waals surface area (Å²) < 4.78 is 0. The topological polar surface area (TPSA) is 32.3 Å². The highest BCUT2D eigenvalue weighted by Gasteiger charge is 2.09. The standard InChI is InChI=1S/C14H31NO/c1-5-6-8-13(11-16)9-7-10-15-12-14(2,3)4/h13,15-16H,5-12H2,1-4H3/t13-/m1/s1. The van der Waals surface area contributed by atoms with Crippen molar-refractivity contribution >= 4 is 0 Å². The monoisotopic (exact) mass is 229 g/mol. The minimum absolute atomic E-state index is 0.360. The third-order valence-corrected chi connectivity index (χ3v) is 2.85. The molecule has 0 aliphatic carbocycles. The second kappa shape index (κ2) is 9.00. The number of unbranched alkanes of at least 4 members (excludes halogenated alkanes) is 1. The molecule has 16 heavy (non-hydrogen) atoms. The van der Waals surface area contributed by atoms with Crippen LogP contribution in [0, 0.1) is 11.3 Å². The Morgan fingerprint density at radius 3 is 2.25 bits per heavy atom. The van der Waals surface area contributed by atoms with Gasteiger partial charge < -0.3 is 10.4 Å². The van der Waals surface area contributed by atoms with E-state index in [9.17, 15) is 5.11 Å². The van der Waals surface area contributed by atoms with Gasteiger partial charge in [0, 0.05) is 6.61 Å². The van der Waals surface area contributed by atoms with Crippen molar-refractivity contribution in [3.63, 3.8) is 0 Å². The number of aliphatic hydroxyl groups excluding tert-OH is 1. The smallest absolute Gasteiger partial charge is 0.0459 e. The van der Waals surface area contributed by atoms with Gasteiger partial charge in [-0.05, 0) is 43.7 Å². The quantitative estimate of drug-likeness (QED) is 0.595. The third kappa shape index (κ3) is 10.4. The molecule has 0 rings (SSSR count). The Morgan fingerprint density at radius 1 is 1.12 bits per heavy atom. The van der Waals surface area contributed by atoms with Gasteiger partial charge in [-0.3, -0.25) is 0 Å². The van der Waals surface area contributed by atoms with Crippen LogP contribution < -0.4 is 5.32 Å². The molecule has 0 bridgehead atoms. The molecule has 98 valence electrons. The largest absolute Gasteiger partial charge is 0.396 e. The summed E-state index contributed by atoms with van der Waals surface area (Å²) in [6.45, 7) is 11.5. The molecule has 0 fully saturated rings. The third-order valence-electron chi connectivity index (χ3n) is 2.85. The predicted molar refractivity (Wildman–Crippen MR) is 71.7 cm³/mol. The summed E-state index contributed by atoms with van der Waals surface area (Å²) in [5.41, 5.74) is 0.374. The Morgan fingerprint density at radius 2 is 1.75 bits per heavy atom. The average molecular weight is 229 g/mol. The summed E-state index contributed by atoms with van der Waals surface area (Å²) in [6, 6.07) is 0. The Kier molecular flexibility index (Phi) is 8.96. The van der Waals surface area contributed by atoms with Gasteiger partial charge in [-0.25, -0.2) is 0 Å². The van der Waals surface area contributed by atoms with Crippen LogP contribution in [0.2, 0.25) is 0 Å². The van der Waals surface area contributed by atoms with E-state index in [4.69, 9.17) is 0 Å². The first-order valence-corrected chi connectivity index (χ1v) is 6.81. The highest BCUT2D eigenvalue weighted by Crippen LogP contribution is 2.14. The van der Waals surface area contributed by atoms with Crippen molar-refractivity contribution in [2.45, 2.75) is 59.8 Å². The second-order valence-electron chi connectivity index (χ2n) is 6.07. The van der Waals surface area contributed by atoms with Crippen molar-refractivity contribution in [3.8, 4) is 0 Å². The predicted octanol–water partition coefficient (Wildman–Crippen LogP) is 3.20. The number of nitrogens with one attached hydrogen (secondary N) is 1. The summed E-state index contributed by atoms with van der Waals surface area (Å²) >= 11 is 0. The van der Waals surface area contributed by atoms with Crippen LogP contribution in [0.15, 0.2) is 0 Å². The summed E-state index contributed by atoms with van der Waals surface area (Å²) in [6.07, 6.45) is 6.02. The fraction of sp³-hybridized carbons (Fsp3) is 1.00. The normalized spacial score (nSPS) is 14.1. The van der Waals surface area contributed by atoms with Crippen LogP contribution in [0.5, 0.6) is 0 Å². The first-order chi connectivity index (χ1) is 7.49. The van der Waals surface area contributed by atoms with E-state index < -0.39 is 0 Å². The molecule has 0 aliphatic heterocycles. The zero-order valence-electron chi connectivity index (χ0n) is 11.7. The van der Waals surface area contributed by atoms with E-state index in [0.717, 1.165) is 19.5 Å². The molecule has 0 aromatic carbocycles. The van der Waals surface area contributed by atoms with Gasteiger partial charge in [0.1, 0.15) is 0 Å². The lowest BCUT2D eigenvalue weighted by atomic mass is 9.96. The van der Waals surface area contributed by atoms with Gasteiger partial charge in [0.25, 0.3) is 0 Å². The SMILES string of the molecule is CCCC[C@@H](CO)CCCNCC(C)(C)C. The minimum Gasteiger partial charge on any atom is -0.396 e. The molecular weight excluding hydrogens is 198 g/mol. The molecule has 0 unspecified atom stereocenters. The van der Waals surface area contributed by atoms with E-state index in [1.165, 1.54) is 25.7 Å². The molecule has 0 radical (unpaired) electrons. The number of hydrogen-bond donors (Lipinski definition) is 2. The fourth-order valence-corrected chi connectivity index (χ4v) is 1.80. The molecule has 0 aliphatic rings. The summed E-state index contributed by atoms with van der Waals surface area (Å²) in [5, 5.41) is 12.7. The lowest BCUT2D eigenvalue weighted by molar-refractivity contribution is 0.205. The van der Waals surface area contributed by atoms with Gasteiger partial charge in [-0.15, -0.1) is 0 Å². The van der Waals surface area contributed by atoms with Crippen molar-refractivity contribution in [2.75, 3.05) is 19.7 Å². The Hall–Kier alpha value is -0.0800. The van der Waals surface area contributed by atoms with Crippen LogP contribution in [-0.2, 0) is 0 Å². The van der Waals surface area contributed by atoms with Crippen LogP contribution >= 0.6 is 0 Å². The van der Waals surface area contributed by atoms with Crippen LogP contribution in [0.3, 0.4) is 0 Å². The molecule has 0 saturated carbocycles. The second-order valence-corrected chi connectivity index (χ2v) is 6.07. The Balaban J connectivity index is 3.41. The molecule has 2 heteroatoms. The number of hydrogen-bond acceptors (Lipinski definition) is 2. The molecule has 0 amide bonds. The van der Waals surface area contributed by atoms with E-state index in [2.05, 4.69) is 33.0 Å². The molecule has 1 atom stereocenters. The zero-order valence-corrected chi connectivity index (χ0v) is 11.7. The Bertz CT molecular complexity index is 151. The van der Waals surface area contributed by atoms with Gasteiger partial charge in [-0.1, -0.05) is 40.5 Å². The lowest BCUT2D eigenvalue weighted by Gasteiger charge is -2.19. The fourth-order valence-electron chi connectivity index (χ4n) is 1.80. The molecule has 0 aromatic heterocycles. The van der Waals surface area contributed by atoms with Crippen molar-refractivity contribution in [2.24, 2.45) is 11.3 Å². The number of rotatable bonds is 9. The molecule has 0 saturated heterocycles. The first-order valence-electron chi connectivity index (χ1n) is 6.81. The van der Waals surface area contributed by atoms with E-state index in [-0.39, 0.29) is 0 Å². The molecule has 2 N–H and O–H groups in total. The van der Waals surface area contributed by atoms with Crippen LogP contribution in [0.25, 0.3) is 0 Å². The van der Waals surface area contributed by atoms with Gasteiger partial charge in [0.05, 0.1) is 0 Å². The van der Waals surface area contributed by atoms with Crippen molar-refractivity contribution in [3.05, 3.63) is 0 Å². The zero-order chi connectivity index (χ0) is 12.4. The van der Waals surface area contributed by atoms with Crippen molar-refractivity contribution < 1.29 is 5.11 Å². The maximum Gasteiger partial charge on any atom is 0.0459 e. The maximum absolute atomic E-state index is 9.22. The number of aliphatic hydroxyl groups is 1. The molecular formula is C14H31NO. The van der Waals surface area contributed by atoms with Gasteiger partial charge in [0.2, 0.25) is 0 Å². The van der Waals surface area contributed by atoms with Gasteiger partial charge in [-0.2, -0.15) is 0 Å². The average Bonchev–Trinajstić information content (AvgIpc) is 2.20. The van der Waals surface area contributed by atoms with Gasteiger partial charge in [0.15, 0.2) is 0 Å². The summed E-state index contributed by atoms with van der Waals surface area (Å²) in [7, 11) is 0. The molecule has 2 nitrogen and oxygen atoms in total.